The number of anilines is 1. The minimum absolute atomic E-state index is 0.149. The van der Waals surface area contributed by atoms with E-state index in [-0.39, 0.29) is 6.10 Å². The van der Waals surface area contributed by atoms with Gasteiger partial charge in [-0.25, -0.2) is 0 Å². The van der Waals surface area contributed by atoms with Gasteiger partial charge >= 0.3 is 0 Å². The van der Waals surface area contributed by atoms with E-state index in [4.69, 9.17) is 16.3 Å². The van der Waals surface area contributed by atoms with Gasteiger partial charge in [-0.05, 0) is 64.3 Å². The van der Waals surface area contributed by atoms with E-state index in [9.17, 15) is 0 Å². The van der Waals surface area contributed by atoms with Crippen molar-refractivity contribution in [3.05, 3.63) is 57.0 Å². The van der Waals surface area contributed by atoms with Crippen molar-refractivity contribution in [1.82, 2.24) is 0 Å². The average molecular weight is 353 g/mol. The van der Waals surface area contributed by atoms with Gasteiger partial charge in [0, 0.05) is 21.6 Å². The molecule has 1 heterocycles. The summed E-state index contributed by atoms with van der Waals surface area (Å²) in [5.41, 5.74) is 3.52. The van der Waals surface area contributed by atoms with Crippen LogP contribution in [-0.4, -0.2) is 12.6 Å². The second-order valence-corrected chi connectivity index (χ2v) is 6.35. The van der Waals surface area contributed by atoms with E-state index >= 15 is 0 Å². The molecular formula is C16H15BrClNO. The zero-order valence-electron chi connectivity index (χ0n) is 11.1. The number of fused-ring (bicyclic) bond motifs is 1. The highest BCUT2D eigenvalue weighted by Crippen LogP contribution is 2.31. The molecule has 104 valence electrons. The van der Waals surface area contributed by atoms with Crippen LogP contribution in [0.1, 0.15) is 11.1 Å². The van der Waals surface area contributed by atoms with Crippen molar-refractivity contribution in [2.45, 2.75) is 19.4 Å². The molecule has 1 atom stereocenters. The van der Waals surface area contributed by atoms with E-state index in [1.165, 1.54) is 11.1 Å². The van der Waals surface area contributed by atoms with Gasteiger partial charge in [0.05, 0.1) is 6.54 Å². The van der Waals surface area contributed by atoms with E-state index in [1.54, 1.807) is 0 Å². The molecule has 0 spiro atoms. The van der Waals surface area contributed by atoms with Crippen LogP contribution >= 0.6 is 27.5 Å². The first-order valence-electron chi connectivity index (χ1n) is 6.57. The molecule has 0 aliphatic carbocycles. The van der Waals surface area contributed by atoms with Crippen LogP contribution < -0.4 is 10.1 Å². The van der Waals surface area contributed by atoms with E-state index in [1.807, 2.05) is 18.2 Å². The largest absolute Gasteiger partial charge is 0.488 e. The molecule has 20 heavy (non-hydrogen) atoms. The highest BCUT2D eigenvalue weighted by atomic mass is 79.9. The van der Waals surface area contributed by atoms with Crippen molar-refractivity contribution in [1.29, 1.82) is 0 Å². The molecule has 1 aliphatic heterocycles. The van der Waals surface area contributed by atoms with Crippen molar-refractivity contribution in [3.8, 4) is 5.75 Å². The summed E-state index contributed by atoms with van der Waals surface area (Å²) in [4.78, 5) is 0. The summed E-state index contributed by atoms with van der Waals surface area (Å²) in [6.07, 6.45) is 1.04. The van der Waals surface area contributed by atoms with Gasteiger partial charge in [0.2, 0.25) is 0 Å². The van der Waals surface area contributed by atoms with Crippen LogP contribution in [0.25, 0.3) is 0 Å². The molecular weight excluding hydrogens is 338 g/mol. The van der Waals surface area contributed by atoms with Crippen molar-refractivity contribution in [2.75, 3.05) is 11.9 Å². The Bertz CT molecular complexity index is 644. The van der Waals surface area contributed by atoms with Gasteiger partial charge in [-0.15, -0.1) is 0 Å². The molecule has 1 aliphatic rings. The summed E-state index contributed by atoms with van der Waals surface area (Å²) in [5.74, 6) is 0.949. The first-order chi connectivity index (χ1) is 9.61. The van der Waals surface area contributed by atoms with Gasteiger partial charge in [-0.1, -0.05) is 17.7 Å². The third kappa shape index (κ3) is 2.94. The van der Waals surface area contributed by atoms with E-state index in [0.29, 0.717) is 0 Å². The van der Waals surface area contributed by atoms with Crippen molar-refractivity contribution >= 4 is 33.2 Å². The van der Waals surface area contributed by atoms with Gasteiger partial charge in [0.15, 0.2) is 0 Å². The summed E-state index contributed by atoms with van der Waals surface area (Å²) < 4.78 is 6.99. The monoisotopic (exact) mass is 351 g/mol. The molecule has 0 bridgehead atoms. The molecule has 0 radical (unpaired) electrons. The molecule has 3 rings (SSSR count). The number of aryl methyl sites for hydroxylation is 1. The molecule has 1 unspecified atom stereocenters. The lowest BCUT2D eigenvalue weighted by Gasteiger charge is -2.14. The van der Waals surface area contributed by atoms with Gasteiger partial charge in [0.1, 0.15) is 11.9 Å². The quantitative estimate of drug-likeness (QED) is 0.854. The van der Waals surface area contributed by atoms with Crippen molar-refractivity contribution in [3.63, 3.8) is 0 Å². The number of hydrogen-bond donors (Lipinski definition) is 1. The molecule has 0 saturated carbocycles. The normalized spacial score (nSPS) is 16.6. The summed E-state index contributed by atoms with van der Waals surface area (Å²) in [6.45, 7) is 2.86. The zero-order chi connectivity index (χ0) is 14.1. The Labute approximate surface area is 132 Å². The topological polar surface area (TPSA) is 21.3 Å². The number of benzene rings is 2. The molecule has 0 amide bonds. The summed E-state index contributed by atoms with van der Waals surface area (Å²) in [7, 11) is 0. The molecule has 0 aromatic heterocycles. The first kappa shape index (κ1) is 13.8. The van der Waals surface area contributed by atoms with Crippen LogP contribution in [0, 0.1) is 6.92 Å². The maximum absolute atomic E-state index is 6.00. The lowest BCUT2D eigenvalue weighted by atomic mass is 10.1. The molecule has 2 aromatic carbocycles. The maximum atomic E-state index is 6.00. The van der Waals surface area contributed by atoms with Gasteiger partial charge in [0.25, 0.3) is 0 Å². The number of rotatable bonds is 3. The summed E-state index contributed by atoms with van der Waals surface area (Å²) >= 11 is 9.56. The SMILES string of the molecule is Cc1ccc(Br)c(NCC2Cc3cc(Cl)ccc3O2)c1. The standard InChI is InChI=1S/C16H15BrClNO/c1-10-2-4-14(17)15(6-10)19-9-13-8-11-7-12(18)3-5-16(11)20-13/h2-7,13,19H,8-9H2,1H3. The second-order valence-electron chi connectivity index (χ2n) is 5.06. The Hall–Kier alpha value is -1.19. The van der Waals surface area contributed by atoms with Crippen LogP contribution in [0.15, 0.2) is 40.9 Å². The fourth-order valence-electron chi connectivity index (χ4n) is 2.40. The van der Waals surface area contributed by atoms with E-state index < -0.39 is 0 Å². The first-order valence-corrected chi connectivity index (χ1v) is 7.74. The molecule has 2 nitrogen and oxygen atoms in total. The predicted octanol–water partition coefficient (Wildman–Crippen LogP) is 4.83. The number of hydrogen-bond acceptors (Lipinski definition) is 2. The summed E-state index contributed by atoms with van der Waals surface area (Å²) in [6, 6.07) is 12.1. The van der Waals surface area contributed by atoms with E-state index in [2.05, 4.69) is 46.4 Å². The van der Waals surface area contributed by atoms with E-state index in [0.717, 1.165) is 33.9 Å². The van der Waals surface area contributed by atoms with Crippen LogP contribution in [0.2, 0.25) is 5.02 Å². The Morgan fingerprint density at radius 3 is 3.00 bits per heavy atom. The molecule has 1 N–H and O–H groups in total. The van der Waals surface area contributed by atoms with Gasteiger partial charge in [-0.2, -0.15) is 0 Å². The van der Waals surface area contributed by atoms with Crippen LogP contribution in [-0.2, 0) is 6.42 Å². The molecule has 2 aromatic rings. The van der Waals surface area contributed by atoms with Gasteiger partial charge < -0.3 is 10.1 Å². The minimum Gasteiger partial charge on any atom is -0.488 e. The Morgan fingerprint density at radius 2 is 2.15 bits per heavy atom. The Balaban J connectivity index is 1.65. The third-order valence-corrected chi connectivity index (χ3v) is 4.33. The number of ether oxygens (including phenoxy) is 1. The fraction of sp³-hybridized carbons (Fsp3) is 0.250. The highest BCUT2D eigenvalue weighted by molar-refractivity contribution is 9.10. The summed E-state index contributed by atoms with van der Waals surface area (Å²) in [5, 5.41) is 4.21. The van der Waals surface area contributed by atoms with Crippen LogP contribution in [0.4, 0.5) is 5.69 Å². The highest BCUT2D eigenvalue weighted by Gasteiger charge is 2.22. The smallest absolute Gasteiger partial charge is 0.123 e. The molecule has 4 heteroatoms. The van der Waals surface area contributed by atoms with Crippen molar-refractivity contribution in [2.24, 2.45) is 0 Å². The number of nitrogens with one attached hydrogen (secondary N) is 1. The molecule has 0 fully saturated rings. The van der Waals surface area contributed by atoms with Crippen LogP contribution in [0.5, 0.6) is 5.75 Å². The zero-order valence-corrected chi connectivity index (χ0v) is 13.5. The lowest BCUT2D eigenvalue weighted by Crippen LogP contribution is -2.24. The Kier molecular flexibility index (Phi) is 3.90. The predicted molar refractivity (Wildman–Crippen MR) is 86.9 cm³/mol. The third-order valence-electron chi connectivity index (χ3n) is 3.41. The molecule has 0 saturated heterocycles. The Morgan fingerprint density at radius 1 is 1.30 bits per heavy atom. The van der Waals surface area contributed by atoms with Crippen LogP contribution in [0.3, 0.4) is 0 Å². The number of halogens is 2. The average Bonchev–Trinajstić information content (AvgIpc) is 2.81. The maximum Gasteiger partial charge on any atom is 0.123 e. The van der Waals surface area contributed by atoms with Crippen molar-refractivity contribution < 1.29 is 4.74 Å². The lowest BCUT2D eigenvalue weighted by molar-refractivity contribution is 0.246. The minimum atomic E-state index is 0.149. The fourth-order valence-corrected chi connectivity index (χ4v) is 2.98. The van der Waals surface area contributed by atoms with Gasteiger partial charge in [-0.3, -0.25) is 0 Å². The second kappa shape index (κ2) is 5.66.